The molecule has 4 aromatic heterocycles. The van der Waals surface area contributed by atoms with E-state index in [9.17, 15) is 8.78 Å². The Kier molecular flexibility index (Phi) is 6.46. The Bertz CT molecular complexity index is 1440. The van der Waals surface area contributed by atoms with Gasteiger partial charge < -0.3 is 10.6 Å². The van der Waals surface area contributed by atoms with E-state index in [1.165, 1.54) is 12.0 Å². The van der Waals surface area contributed by atoms with Gasteiger partial charge in [-0.3, -0.25) is 9.97 Å². The maximum Gasteiger partial charge on any atom is 0.213 e. The Labute approximate surface area is 214 Å². The number of piperidine rings is 1. The van der Waals surface area contributed by atoms with Crippen LogP contribution in [0.15, 0.2) is 42.9 Å². The summed E-state index contributed by atoms with van der Waals surface area (Å²) in [7, 11) is 0. The molecule has 0 radical (unpaired) electrons. The second-order valence-electron chi connectivity index (χ2n) is 10.1. The van der Waals surface area contributed by atoms with Crippen molar-refractivity contribution in [2.75, 3.05) is 11.9 Å². The van der Waals surface area contributed by atoms with Crippen molar-refractivity contribution < 1.29 is 8.78 Å². The van der Waals surface area contributed by atoms with Crippen LogP contribution in [0.1, 0.15) is 61.9 Å². The van der Waals surface area contributed by atoms with Gasteiger partial charge in [-0.15, -0.1) is 0 Å². The third-order valence-corrected chi connectivity index (χ3v) is 7.45. The standard InChI is InChI=1S/C28H29F2N7/c1-16-11-19(8-10-32-16)34-28-26-21(17-3-2-4-17)14-31-15-24(26)36-27(37-28)18-7-9-33-20(12-18)13-23-22(29)5-6-25(30)35-23/h5-7,9,12,14-17,19,32H,2-4,8,10-11,13H2,1H3,(H,34,36,37). The monoisotopic (exact) mass is 501 g/mol. The Hall–Kier alpha value is -3.59. The average Bonchev–Trinajstić information content (AvgIpc) is 2.85. The van der Waals surface area contributed by atoms with Crippen molar-refractivity contribution in [1.29, 1.82) is 0 Å². The fraction of sp³-hybridized carbons (Fsp3) is 0.393. The molecule has 0 bridgehead atoms. The molecule has 9 heteroatoms. The van der Waals surface area contributed by atoms with Crippen LogP contribution in [0.4, 0.5) is 14.6 Å². The summed E-state index contributed by atoms with van der Waals surface area (Å²) < 4.78 is 27.8. The summed E-state index contributed by atoms with van der Waals surface area (Å²) in [5.41, 5.74) is 3.33. The molecular weight excluding hydrogens is 472 g/mol. The third kappa shape index (κ3) is 5.00. The van der Waals surface area contributed by atoms with E-state index in [0.717, 1.165) is 66.6 Å². The van der Waals surface area contributed by atoms with Crippen LogP contribution < -0.4 is 10.6 Å². The third-order valence-electron chi connectivity index (χ3n) is 7.45. The van der Waals surface area contributed by atoms with Gasteiger partial charge in [0.15, 0.2) is 5.82 Å². The first-order valence-electron chi connectivity index (χ1n) is 13.0. The van der Waals surface area contributed by atoms with E-state index in [-0.39, 0.29) is 12.1 Å². The van der Waals surface area contributed by atoms with Crippen LogP contribution >= 0.6 is 0 Å². The highest BCUT2D eigenvalue weighted by Crippen LogP contribution is 2.41. The lowest BCUT2D eigenvalue weighted by Gasteiger charge is -2.31. The van der Waals surface area contributed by atoms with Crippen LogP contribution in [-0.4, -0.2) is 43.5 Å². The average molecular weight is 502 g/mol. The maximum absolute atomic E-state index is 14.2. The van der Waals surface area contributed by atoms with Crippen molar-refractivity contribution in [3.63, 3.8) is 0 Å². The second kappa shape index (κ2) is 10.0. The summed E-state index contributed by atoms with van der Waals surface area (Å²) >= 11 is 0. The highest BCUT2D eigenvalue weighted by Gasteiger charge is 2.26. The number of rotatable bonds is 6. The van der Waals surface area contributed by atoms with Crippen molar-refractivity contribution in [3.8, 4) is 11.4 Å². The summed E-state index contributed by atoms with van der Waals surface area (Å²) in [6, 6.07) is 6.48. The summed E-state index contributed by atoms with van der Waals surface area (Å²) in [6.07, 6.45) is 11.0. The molecule has 0 aromatic carbocycles. The van der Waals surface area contributed by atoms with Crippen molar-refractivity contribution in [3.05, 3.63) is 71.6 Å². The zero-order valence-electron chi connectivity index (χ0n) is 20.7. The van der Waals surface area contributed by atoms with Gasteiger partial charge in [0.05, 0.1) is 17.4 Å². The van der Waals surface area contributed by atoms with Gasteiger partial charge in [-0.05, 0) is 74.9 Å². The van der Waals surface area contributed by atoms with E-state index in [1.54, 1.807) is 12.4 Å². The Morgan fingerprint density at radius 1 is 1.05 bits per heavy atom. The van der Waals surface area contributed by atoms with Gasteiger partial charge in [0.1, 0.15) is 11.6 Å². The van der Waals surface area contributed by atoms with E-state index in [0.29, 0.717) is 29.5 Å². The molecular formula is C28H29F2N7. The predicted molar refractivity (Wildman–Crippen MR) is 138 cm³/mol. The van der Waals surface area contributed by atoms with E-state index >= 15 is 0 Å². The van der Waals surface area contributed by atoms with Gasteiger partial charge in [0.25, 0.3) is 0 Å². The van der Waals surface area contributed by atoms with E-state index < -0.39 is 11.8 Å². The molecule has 1 saturated carbocycles. The summed E-state index contributed by atoms with van der Waals surface area (Å²) in [4.78, 5) is 22.5. The first-order chi connectivity index (χ1) is 18.0. The molecule has 5 heterocycles. The number of nitrogens with zero attached hydrogens (tertiary/aromatic N) is 5. The molecule has 1 saturated heterocycles. The highest BCUT2D eigenvalue weighted by atomic mass is 19.1. The van der Waals surface area contributed by atoms with Crippen LogP contribution in [0.3, 0.4) is 0 Å². The molecule has 2 aliphatic rings. The summed E-state index contributed by atoms with van der Waals surface area (Å²) in [6.45, 7) is 3.17. The number of pyridine rings is 3. The van der Waals surface area contributed by atoms with Crippen molar-refractivity contribution in [1.82, 2.24) is 30.2 Å². The van der Waals surface area contributed by atoms with Gasteiger partial charge in [-0.2, -0.15) is 4.39 Å². The molecule has 0 amide bonds. The molecule has 4 aromatic rings. The Morgan fingerprint density at radius 3 is 2.76 bits per heavy atom. The molecule has 1 aliphatic heterocycles. The maximum atomic E-state index is 14.2. The van der Waals surface area contributed by atoms with Gasteiger partial charge in [0.2, 0.25) is 5.95 Å². The molecule has 2 unspecified atom stereocenters. The minimum Gasteiger partial charge on any atom is -0.367 e. The number of fused-ring (bicyclic) bond motifs is 1. The predicted octanol–water partition coefficient (Wildman–Crippen LogP) is 5.17. The summed E-state index contributed by atoms with van der Waals surface area (Å²) in [5.74, 6) is 0.579. The SMILES string of the molecule is CC1CC(Nc2nc(-c3ccnc(Cc4nc(F)ccc4F)c3)nc3cncc(C4CCC4)c23)CCN1. The van der Waals surface area contributed by atoms with Crippen LogP contribution in [0.25, 0.3) is 22.3 Å². The van der Waals surface area contributed by atoms with Crippen LogP contribution in [0.2, 0.25) is 0 Å². The number of hydrogen-bond donors (Lipinski definition) is 2. The zero-order chi connectivity index (χ0) is 25.4. The molecule has 6 rings (SSSR count). The lowest BCUT2D eigenvalue weighted by molar-refractivity contribution is 0.396. The van der Waals surface area contributed by atoms with Crippen molar-refractivity contribution >= 4 is 16.7 Å². The van der Waals surface area contributed by atoms with Crippen molar-refractivity contribution in [2.24, 2.45) is 0 Å². The van der Waals surface area contributed by atoms with E-state index in [2.05, 4.69) is 32.5 Å². The molecule has 2 atom stereocenters. The fourth-order valence-corrected chi connectivity index (χ4v) is 5.29. The van der Waals surface area contributed by atoms with Crippen LogP contribution in [0.5, 0.6) is 0 Å². The van der Waals surface area contributed by atoms with Crippen molar-refractivity contribution in [2.45, 2.75) is 63.5 Å². The van der Waals surface area contributed by atoms with E-state index in [1.807, 2.05) is 18.3 Å². The minimum absolute atomic E-state index is 0.0146. The molecule has 2 N–H and O–H groups in total. The molecule has 190 valence electrons. The van der Waals surface area contributed by atoms with Gasteiger partial charge >= 0.3 is 0 Å². The fourth-order valence-electron chi connectivity index (χ4n) is 5.29. The van der Waals surface area contributed by atoms with Crippen LogP contribution in [-0.2, 0) is 6.42 Å². The highest BCUT2D eigenvalue weighted by molar-refractivity contribution is 5.93. The summed E-state index contributed by atoms with van der Waals surface area (Å²) in [5, 5.41) is 8.30. The zero-order valence-corrected chi connectivity index (χ0v) is 20.7. The first kappa shape index (κ1) is 23.8. The normalized spacial score (nSPS) is 20.1. The number of nitrogens with one attached hydrogen (secondary N) is 2. The van der Waals surface area contributed by atoms with Gasteiger partial charge in [0, 0.05) is 47.5 Å². The molecule has 1 aliphatic carbocycles. The number of anilines is 1. The first-order valence-corrected chi connectivity index (χ1v) is 13.0. The number of hydrogen-bond acceptors (Lipinski definition) is 7. The Morgan fingerprint density at radius 2 is 1.95 bits per heavy atom. The lowest BCUT2D eigenvalue weighted by atomic mass is 9.79. The molecule has 0 spiro atoms. The second-order valence-corrected chi connectivity index (χ2v) is 10.1. The smallest absolute Gasteiger partial charge is 0.213 e. The topological polar surface area (TPSA) is 88.5 Å². The Balaban J connectivity index is 1.40. The van der Waals surface area contributed by atoms with Crippen LogP contribution in [0, 0.1) is 11.8 Å². The lowest BCUT2D eigenvalue weighted by Crippen LogP contribution is -2.41. The minimum atomic E-state index is -0.719. The molecule has 37 heavy (non-hydrogen) atoms. The molecule has 2 fully saturated rings. The van der Waals surface area contributed by atoms with Gasteiger partial charge in [-0.1, -0.05) is 6.42 Å². The van der Waals surface area contributed by atoms with Gasteiger partial charge in [-0.25, -0.2) is 19.3 Å². The number of aromatic nitrogens is 5. The largest absolute Gasteiger partial charge is 0.367 e. The molecule has 7 nitrogen and oxygen atoms in total. The van der Waals surface area contributed by atoms with E-state index in [4.69, 9.17) is 9.97 Å². The quantitative estimate of drug-likeness (QED) is 0.352. The number of halogens is 2.